The predicted molar refractivity (Wildman–Crippen MR) is 79.4 cm³/mol. The summed E-state index contributed by atoms with van der Waals surface area (Å²) in [5, 5.41) is 7.86. The smallest absolute Gasteiger partial charge is 0.321 e. The Morgan fingerprint density at radius 3 is 2.30 bits per heavy atom. The Hall–Kier alpha value is -1.88. The highest BCUT2D eigenvalue weighted by atomic mass is 16.2. The van der Waals surface area contributed by atoms with E-state index in [1.54, 1.807) is 6.92 Å². The number of hydrogen-bond donors (Lipinski definition) is 3. The fourth-order valence-corrected chi connectivity index (χ4v) is 1.91. The summed E-state index contributed by atoms with van der Waals surface area (Å²) in [4.78, 5) is 22.9. The first-order valence-corrected chi connectivity index (χ1v) is 6.83. The van der Waals surface area contributed by atoms with Crippen molar-refractivity contribution < 1.29 is 9.59 Å². The lowest BCUT2D eigenvalue weighted by atomic mass is 10.0. The van der Waals surface area contributed by atoms with E-state index in [9.17, 15) is 9.59 Å². The molecule has 0 aliphatic carbocycles. The van der Waals surface area contributed by atoms with E-state index in [0.29, 0.717) is 0 Å². The van der Waals surface area contributed by atoms with Gasteiger partial charge in [0.2, 0.25) is 5.91 Å². The van der Waals surface area contributed by atoms with Crippen molar-refractivity contribution >= 4 is 11.9 Å². The largest absolute Gasteiger partial charge is 0.341 e. The van der Waals surface area contributed by atoms with Gasteiger partial charge in [0.25, 0.3) is 0 Å². The quantitative estimate of drug-likeness (QED) is 0.769. The maximum absolute atomic E-state index is 11.8. The van der Waals surface area contributed by atoms with Crippen molar-refractivity contribution in [1.82, 2.24) is 16.0 Å². The number of hydrogen-bond acceptors (Lipinski definition) is 3. The van der Waals surface area contributed by atoms with Gasteiger partial charge in [-0.15, -0.1) is 0 Å². The molecule has 0 bridgehead atoms. The van der Waals surface area contributed by atoms with Crippen molar-refractivity contribution in [1.29, 1.82) is 0 Å². The van der Waals surface area contributed by atoms with E-state index in [1.165, 1.54) is 12.6 Å². The maximum atomic E-state index is 11.8. The van der Waals surface area contributed by atoms with Crippen molar-refractivity contribution in [2.24, 2.45) is 0 Å². The molecule has 0 aliphatic rings. The number of aryl methyl sites for hydroxylation is 1. The Morgan fingerprint density at radius 1 is 1.20 bits per heavy atom. The molecule has 0 radical (unpaired) electrons. The molecule has 5 nitrogen and oxygen atoms in total. The third kappa shape index (κ3) is 4.66. The van der Waals surface area contributed by atoms with Crippen LogP contribution in [0.15, 0.2) is 24.3 Å². The minimum atomic E-state index is -0.493. The SMILES string of the molecule is CC[C@H](N[C@@H](C)C(=O)NC(=O)NC)c1ccc(C)cc1. The molecule has 0 aliphatic heterocycles. The number of amides is 3. The molecule has 3 N–H and O–H groups in total. The van der Waals surface area contributed by atoms with Crippen LogP contribution < -0.4 is 16.0 Å². The highest BCUT2D eigenvalue weighted by Crippen LogP contribution is 2.17. The summed E-state index contributed by atoms with van der Waals surface area (Å²) < 4.78 is 0. The zero-order chi connectivity index (χ0) is 15.1. The van der Waals surface area contributed by atoms with E-state index in [2.05, 4.69) is 47.1 Å². The van der Waals surface area contributed by atoms with Crippen molar-refractivity contribution in [3.05, 3.63) is 35.4 Å². The molecule has 1 rings (SSSR count). The van der Waals surface area contributed by atoms with Gasteiger partial charge in [-0.1, -0.05) is 36.8 Å². The third-order valence-electron chi connectivity index (χ3n) is 3.20. The molecule has 0 saturated heterocycles. The number of carbonyl (C=O) groups excluding carboxylic acids is 2. The first kappa shape index (κ1) is 16.2. The van der Waals surface area contributed by atoms with Crippen molar-refractivity contribution in [2.45, 2.75) is 39.3 Å². The summed E-state index contributed by atoms with van der Waals surface area (Å²) in [7, 11) is 1.47. The minimum Gasteiger partial charge on any atom is -0.341 e. The second-order valence-corrected chi connectivity index (χ2v) is 4.83. The van der Waals surface area contributed by atoms with Crippen LogP contribution >= 0.6 is 0 Å². The Labute approximate surface area is 120 Å². The third-order valence-corrected chi connectivity index (χ3v) is 3.20. The molecule has 0 aromatic heterocycles. The maximum Gasteiger partial charge on any atom is 0.321 e. The number of benzene rings is 1. The molecule has 0 spiro atoms. The van der Waals surface area contributed by atoms with Gasteiger partial charge in [-0.3, -0.25) is 15.4 Å². The van der Waals surface area contributed by atoms with Gasteiger partial charge in [-0.25, -0.2) is 4.79 Å². The molecule has 0 fully saturated rings. The van der Waals surface area contributed by atoms with Crippen LogP contribution in [-0.4, -0.2) is 25.0 Å². The summed E-state index contributed by atoms with van der Waals surface area (Å²) in [5.41, 5.74) is 2.34. The fraction of sp³-hybridized carbons (Fsp3) is 0.467. The Bertz CT molecular complexity index is 457. The summed E-state index contributed by atoms with van der Waals surface area (Å²) >= 11 is 0. The molecule has 1 aromatic rings. The number of nitrogens with one attached hydrogen (secondary N) is 3. The molecule has 3 amide bonds. The number of urea groups is 1. The van der Waals surface area contributed by atoms with Crippen LogP contribution in [0.25, 0.3) is 0 Å². The van der Waals surface area contributed by atoms with Gasteiger partial charge in [0.05, 0.1) is 6.04 Å². The van der Waals surface area contributed by atoms with E-state index in [1.807, 2.05) is 6.92 Å². The summed E-state index contributed by atoms with van der Waals surface area (Å²) in [6.07, 6.45) is 0.862. The highest BCUT2D eigenvalue weighted by molar-refractivity contribution is 5.96. The van der Waals surface area contributed by atoms with Gasteiger partial charge >= 0.3 is 6.03 Å². The van der Waals surface area contributed by atoms with Crippen molar-refractivity contribution in [3.63, 3.8) is 0 Å². The van der Waals surface area contributed by atoms with E-state index in [-0.39, 0.29) is 11.9 Å². The Morgan fingerprint density at radius 2 is 1.80 bits per heavy atom. The fourth-order valence-electron chi connectivity index (χ4n) is 1.91. The lowest BCUT2D eigenvalue weighted by Crippen LogP contribution is -2.48. The molecule has 110 valence electrons. The molecular formula is C15H23N3O2. The Kier molecular flexibility index (Phi) is 6.18. The van der Waals surface area contributed by atoms with Crippen molar-refractivity contribution in [3.8, 4) is 0 Å². The van der Waals surface area contributed by atoms with Crippen LogP contribution in [0.2, 0.25) is 0 Å². The second-order valence-electron chi connectivity index (χ2n) is 4.83. The van der Waals surface area contributed by atoms with Crippen LogP contribution in [0.3, 0.4) is 0 Å². The lowest BCUT2D eigenvalue weighted by molar-refractivity contribution is -0.121. The van der Waals surface area contributed by atoms with E-state index in [4.69, 9.17) is 0 Å². The summed E-state index contributed by atoms with van der Waals surface area (Å²) in [6.45, 7) is 5.84. The monoisotopic (exact) mass is 277 g/mol. The average molecular weight is 277 g/mol. The molecule has 1 aromatic carbocycles. The first-order chi connectivity index (χ1) is 9.47. The van der Waals surface area contributed by atoms with Crippen molar-refractivity contribution in [2.75, 3.05) is 7.05 Å². The zero-order valence-corrected chi connectivity index (χ0v) is 12.5. The van der Waals surface area contributed by atoms with E-state index < -0.39 is 12.1 Å². The van der Waals surface area contributed by atoms with Gasteiger partial charge < -0.3 is 5.32 Å². The minimum absolute atomic E-state index is 0.0843. The van der Waals surface area contributed by atoms with E-state index in [0.717, 1.165) is 12.0 Å². The van der Waals surface area contributed by atoms with Gasteiger partial charge in [-0.05, 0) is 25.8 Å². The zero-order valence-electron chi connectivity index (χ0n) is 12.5. The van der Waals surface area contributed by atoms with Gasteiger partial charge in [0.15, 0.2) is 0 Å². The average Bonchev–Trinajstić information content (AvgIpc) is 2.45. The van der Waals surface area contributed by atoms with Gasteiger partial charge in [0.1, 0.15) is 0 Å². The van der Waals surface area contributed by atoms with Crippen LogP contribution in [0.5, 0.6) is 0 Å². The second kappa shape index (κ2) is 7.65. The Balaban J connectivity index is 2.66. The molecule has 20 heavy (non-hydrogen) atoms. The van der Waals surface area contributed by atoms with E-state index >= 15 is 0 Å². The molecule has 0 heterocycles. The van der Waals surface area contributed by atoms with Crippen LogP contribution in [-0.2, 0) is 4.79 Å². The normalized spacial score (nSPS) is 13.4. The molecule has 2 atom stereocenters. The van der Waals surface area contributed by atoms with Crippen LogP contribution in [0.1, 0.15) is 37.4 Å². The topological polar surface area (TPSA) is 70.2 Å². The predicted octanol–water partition coefficient (Wildman–Crippen LogP) is 1.88. The molecular weight excluding hydrogens is 254 g/mol. The molecule has 0 unspecified atom stereocenters. The first-order valence-electron chi connectivity index (χ1n) is 6.83. The van der Waals surface area contributed by atoms with Crippen LogP contribution in [0.4, 0.5) is 4.79 Å². The highest BCUT2D eigenvalue weighted by Gasteiger charge is 2.19. The van der Waals surface area contributed by atoms with Gasteiger partial charge in [0, 0.05) is 13.1 Å². The number of imide groups is 1. The standard InChI is InChI=1S/C15H23N3O2/c1-5-13(12-8-6-10(2)7-9-12)17-11(3)14(19)18-15(20)16-4/h6-9,11,13,17H,5H2,1-4H3,(H2,16,18,19,20)/t11-,13-/m0/s1. The lowest BCUT2D eigenvalue weighted by Gasteiger charge is -2.22. The molecule has 0 saturated carbocycles. The molecule has 5 heteroatoms. The number of rotatable bonds is 5. The summed E-state index contributed by atoms with van der Waals surface area (Å²) in [5.74, 6) is -0.338. The number of carbonyl (C=O) groups is 2. The summed E-state index contributed by atoms with van der Waals surface area (Å²) in [6, 6.07) is 7.36. The van der Waals surface area contributed by atoms with Gasteiger partial charge in [-0.2, -0.15) is 0 Å². The van der Waals surface area contributed by atoms with Crippen LogP contribution in [0, 0.1) is 6.92 Å².